The van der Waals surface area contributed by atoms with Crippen molar-refractivity contribution < 1.29 is 0 Å². The molecule has 21 heavy (non-hydrogen) atoms. The van der Waals surface area contributed by atoms with E-state index in [1.807, 2.05) is 0 Å². The zero-order chi connectivity index (χ0) is 14.8. The number of rotatable bonds is 4. The summed E-state index contributed by atoms with van der Waals surface area (Å²) in [5.41, 5.74) is 11.4. The van der Waals surface area contributed by atoms with E-state index in [4.69, 9.17) is 5.73 Å². The van der Waals surface area contributed by atoms with E-state index in [2.05, 4.69) is 72.4 Å². The molecule has 0 spiro atoms. The molecular weight excluding hydrogens is 258 g/mol. The molecule has 2 N–H and O–H groups in total. The first kappa shape index (κ1) is 14.0. The quantitative estimate of drug-likeness (QED) is 0.935. The van der Waals surface area contributed by atoms with Crippen molar-refractivity contribution >= 4 is 11.4 Å². The van der Waals surface area contributed by atoms with Crippen molar-refractivity contribution in [3.63, 3.8) is 0 Å². The lowest BCUT2D eigenvalue weighted by molar-refractivity contribution is 0.649. The summed E-state index contributed by atoms with van der Waals surface area (Å²) in [5.74, 6) is 0. The molecule has 0 fully saturated rings. The van der Waals surface area contributed by atoms with E-state index in [9.17, 15) is 0 Å². The van der Waals surface area contributed by atoms with Crippen LogP contribution in [-0.2, 0) is 6.42 Å². The molecule has 2 aromatic carbocycles. The number of nitrogens with zero attached hydrogens (tertiary/aromatic N) is 2. The molecule has 2 aromatic rings. The van der Waals surface area contributed by atoms with Crippen molar-refractivity contribution in [3.05, 3.63) is 59.7 Å². The Kier molecular flexibility index (Phi) is 3.84. The van der Waals surface area contributed by atoms with E-state index < -0.39 is 0 Å². The molecule has 0 saturated heterocycles. The molecule has 0 unspecified atom stereocenters. The van der Waals surface area contributed by atoms with Crippen molar-refractivity contribution in [2.75, 3.05) is 37.0 Å². The molecule has 3 nitrogen and oxygen atoms in total. The van der Waals surface area contributed by atoms with Crippen LogP contribution in [0.3, 0.4) is 0 Å². The molecule has 1 heterocycles. The Morgan fingerprint density at radius 2 is 1.81 bits per heavy atom. The van der Waals surface area contributed by atoms with Crippen molar-refractivity contribution in [1.82, 2.24) is 0 Å². The average Bonchev–Trinajstić information content (AvgIpc) is 2.93. The summed E-state index contributed by atoms with van der Waals surface area (Å²) < 4.78 is 0. The SMILES string of the molecule is CN(C)c1ccc([C@@H](CN)N2CCc3ccccc32)cc1. The van der Waals surface area contributed by atoms with Crippen LogP contribution in [0, 0.1) is 0 Å². The standard InChI is InChI=1S/C18H23N3/c1-20(2)16-9-7-15(8-10-16)18(13-19)21-12-11-14-5-3-4-6-17(14)21/h3-10,18H,11-13,19H2,1-2H3/t18-/m1/s1. The van der Waals surface area contributed by atoms with Crippen LogP contribution >= 0.6 is 0 Å². The minimum absolute atomic E-state index is 0.255. The second-order valence-electron chi connectivity index (χ2n) is 5.81. The Labute approximate surface area is 127 Å². The molecule has 1 atom stereocenters. The zero-order valence-corrected chi connectivity index (χ0v) is 12.8. The van der Waals surface area contributed by atoms with Gasteiger partial charge in [0.25, 0.3) is 0 Å². The molecule has 0 aromatic heterocycles. The summed E-state index contributed by atoms with van der Waals surface area (Å²) in [6.07, 6.45) is 1.11. The number of fused-ring (bicyclic) bond motifs is 1. The molecule has 1 aliphatic heterocycles. The van der Waals surface area contributed by atoms with E-state index in [1.165, 1.54) is 22.5 Å². The lowest BCUT2D eigenvalue weighted by Crippen LogP contribution is -2.32. The van der Waals surface area contributed by atoms with Crippen LogP contribution in [0.25, 0.3) is 0 Å². The second kappa shape index (κ2) is 5.78. The maximum atomic E-state index is 6.09. The molecule has 0 amide bonds. The van der Waals surface area contributed by atoms with Crippen LogP contribution in [0.4, 0.5) is 11.4 Å². The molecule has 110 valence electrons. The van der Waals surface area contributed by atoms with Gasteiger partial charge in [-0.1, -0.05) is 30.3 Å². The van der Waals surface area contributed by atoms with E-state index in [0.717, 1.165) is 13.0 Å². The number of hydrogen-bond acceptors (Lipinski definition) is 3. The van der Waals surface area contributed by atoms with Crippen molar-refractivity contribution in [3.8, 4) is 0 Å². The maximum absolute atomic E-state index is 6.09. The van der Waals surface area contributed by atoms with Gasteiger partial charge >= 0.3 is 0 Å². The number of anilines is 2. The summed E-state index contributed by atoms with van der Waals surface area (Å²) in [7, 11) is 4.12. The molecule has 0 bridgehead atoms. The molecule has 3 heteroatoms. The number of benzene rings is 2. The first-order valence-corrected chi connectivity index (χ1v) is 7.52. The second-order valence-corrected chi connectivity index (χ2v) is 5.81. The van der Waals surface area contributed by atoms with Crippen molar-refractivity contribution in [2.45, 2.75) is 12.5 Å². The summed E-state index contributed by atoms with van der Waals surface area (Å²) >= 11 is 0. The van der Waals surface area contributed by atoms with Crippen LogP contribution in [0.15, 0.2) is 48.5 Å². The molecular formula is C18H23N3. The predicted octanol–water partition coefficient (Wildman–Crippen LogP) is 2.82. The Morgan fingerprint density at radius 1 is 1.10 bits per heavy atom. The highest BCUT2D eigenvalue weighted by atomic mass is 15.2. The van der Waals surface area contributed by atoms with Gasteiger partial charge in [-0.25, -0.2) is 0 Å². The van der Waals surface area contributed by atoms with Gasteiger partial charge in [-0.05, 0) is 35.7 Å². The normalized spacial score (nSPS) is 14.9. The van der Waals surface area contributed by atoms with Crippen LogP contribution in [0.2, 0.25) is 0 Å². The van der Waals surface area contributed by atoms with E-state index in [-0.39, 0.29) is 6.04 Å². The van der Waals surface area contributed by atoms with Gasteiger partial charge in [0.15, 0.2) is 0 Å². The van der Waals surface area contributed by atoms with Crippen molar-refractivity contribution in [2.24, 2.45) is 5.73 Å². The van der Waals surface area contributed by atoms with Crippen LogP contribution in [-0.4, -0.2) is 27.2 Å². The van der Waals surface area contributed by atoms with Gasteiger partial charge < -0.3 is 15.5 Å². The average molecular weight is 281 g/mol. The molecule has 1 aliphatic rings. The van der Waals surface area contributed by atoms with Gasteiger partial charge in [-0.2, -0.15) is 0 Å². The molecule has 3 rings (SSSR count). The minimum atomic E-state index is 0.255. The first-order valence-electron chi connectivity index (χ1n) is 7.52. The third-order valence-corrected chi connectivity index (χ3v) is 4.32. The predicted molar refractivity (Wildman–Crippen MR) is 90.1 cm³/mol. The third kappa shape index (κ3) is 2.61. The number of para-hydroxylation sites is 1. The molecule has 0 aliphatic carbocycles. The highest BCUT2D eigenvalue weighted by Crippen LogP contribution is 2.34. The van der Waals surface area contributed by atoms with E-state index >= 15 is 0 Å². The Morgan fingerprint density at radius 3 is 2.48 bits per heavy atom. The van der Waals surface area contributed by atoms with Crippen LogP contribution in [0.5, 0.6) is 0 Å². The highest BCUT2D eigenvalue weighted by molar-refractivity contribution is 5.60. The molecule has 0 saturated carbocycles. The van der Waals surface area contributed by atoms with Gasteiger partial charge in [0.05, 0.1) is 6.04 Å². The summed E-state index contributed by atoms with van der Waals surface area (Å²) in [5, 5.41) is 0. The lowest BCUT2D eigenvalue weighted by atomic mass is 10.0. The largest absolute Gasteiger partial charge is 0.378 e. The monoisotopic (exact) mass is 281 g/mol. The van der Waals surface area contributed by atoms with Gasteiger partial charge in [-0.15, -0.1) is 0 Å². The molecule has 0 radical (unpaired) electrons. The fraction of sp³-hybridized carbons (Fsp3) is 0.333. The van der Waals surface area contributed by atoms with Crippen LogP contribution < -0.4 is 15.5 Å². The van der Waals surface area contributed by atoms with Crippen molar-refractivity contribution in [1.29, 1.82) is 0 Å². The van der Waals surface area contributed by atoms with Crippen LogP contribution in [0.1, 0.15) is 17.2 Å². The summed E-state index contributed by atoms with van der Waals surface area (Å²) in [4.78, 5) is 4.56. The topological polar surface area (TPSA) is 32.5 Å². The Hall–Kier alpha value is -2.00. The number of hydrogen-bond donors (Lipinski definition) is 1. The minimum Gasteiger partial charge on any atom is -0.378 e. The summed E-state index contributed by atoms with van der Waals surface area (Å²) in [6.45, 7) is 1.69. The van der Waals surface area contributed by atoms with Gasteiger partial charge in [0.2, 0.25) is 0 Å². The fourth-order valence-electron chi connectivity index (χ4n) is 3.13. The number of nitrogens with two attached hydrogens (primary N) is 1. The maximum Gasteiger partial charge on any atom is 0.0665 e. The third-order valence-electron chi connectivity index (χ3n) is 4.32. The smallest absolute Gasteiger partial charge is 0.0665 e. The Balaban J connectivity index is 1.89. The first-order chi connectivity index (χ1) is 10.2. The summed E-state index contributed by atoms with van der Waals surface area (Å²) in [6, 6.07) is 17.6. The fourth-order valence-corrected chi connectivity index (χ4v) is 3.13. The van der Waals surface area contributed by atoms with Gasteiger partial charge in [-0.3, -0.25) is 0 Å². The lowest BCUT2D eigenvalue weighted by Gasteiger charge is -2.30. The Bertz CT molecular complexity index is 604. The van der Waals surface area contributed by atoms with Gasteiger partial charge in [0.1, 0.15) is 0 Å². The van der Waals surface area contributed by atoms with E-state index in [1.54, 1.807) is 0 Å². The zero-order valence-electron chi connectivity index (χ0n) is 12.8. The van der Waals surface area contributed by atoms with E-state index in [0.29, 0.717) is 6.54 Å². The highest BCUT2D eigenvalue weighted by Gasteiger charge is 2.25. The van der Waals surface area contributed by atoms with Gasteiger partial charge in [0, 0.05) is 38.6 Å².